The van der Waals surface area contributed by atoms with Crippen molar-refractivity contribution in [1.29, 1.82) is 0 Å². The lowest BCUT2D eigenvalue weighted by Gasteiger charge is -2.30. The molecule has 1 aliphatic heterocycles. The number of rotatable bonds is 4. The fourth-order valence-electron chi connectivity index (χ4n) is 2.14. The van der Waals surface area contributed by atoms with Crippen molar-refractivity contribution in [3.8, 4) is 11.3 Å². The molecular formula is C15H14F2N4O. The molecule has 22 heavy (non-hydrogen) atoms. The molecule has 0 saturated carbocycles. The van der Waals surface area contributed by atoms with Gasteiger partial charge in [-0.1, -0.05) is 0 Å². The summed E-state index contributed by atoms with van der Waals surface area (Å²) in [4.78, 5) is 21.5. The molecule has 0 spiro atoms. The molecule has 0 radical (unpaired) electrons. The number of halogens is 2. The molecule has 1 aliphatic rings. The number of carbonyl (C=O) groups excluding carboxylic acids is 1. The normalized spacial score (nSPS) is 13.6. The molecule has 1 aromatic heterocycles. The van der Waals surface area contributed by atoms with Crippen molar-refractivity contribution in [1.82, 2.24) is 14.9 Å². The van der Waals surface area contributed by atoms with Gasteiger partial charge in [0.25, 0.3) is 0 Å². The zero-order valence-corrected chi connectivity index (χ0v) is 11.7. The number of nitrogens with one attached hydrogen (secondary N) is 1. The van der Waals surface area contributed by atoms with E-state index in [2.05, 4.69) is 15.3 Å². The van der Waals surface area contributed by atoms with E-state index in [0.717, 1.165) is 25.6 Å². The maximum Gasteiger partial charge on any atom is 0.241 e. The summed E-state index contributed by atoms with van der Waals surface area (Å²) in [5, 5.41) is 2.90. The van der Waals surface area contributed by atoms with E-state index >= 15 is 0 Å². The number of benzene rings is 1. The van der Waals surface area contributed by atoms with Gasteiger partial charge in [0.05, 0.1) is 12.2 Å². The van der Waals surface area contributed by atoms with Crippen molar-refractivity contribution < 1.29 is 13.6 Å². The van der Waals surface area contributed by atoms with Gasteiger partial charge < -0.3 is 10.2 Å². The van der Waals surface area contributed by atoms with Crippen LogP contribution >= 0.6 is 0 Å². The maximum atomic E-state index is 13.8. The number of amides is 1. The lowest BCUT2D eigenvalue weighted by molar-refractivity contribution is -0.132. The number of carbonyl (C=O) groups is 1. The van der Waals surface area contributed by atoms with Crippen LogP contribution in [0.5, 0.6) is 0 Å². The first kappa shape index (κ1) is 14.4. The van der Waals surface area contributed by atoms with Crippen molar-refractivity contribution >= 4 is 11.7 Å². The Labute approximate surface area is 126 Å². The first-order valence-corrected chi connectivity index (χ1v) is 6.92. The van der Waals surface area contributed by atoms with E-state index < -0.39 is 11.6 Å². The molecule has 2 aromatic rings. The number of aromatic nitrogens is 2. The van der Waals surface area contributed by atoms with Gasteiger partial charge in [0.2, 0.25) is 5.91 Å². The highest BCUT2D eigenvalue weighted by Crippen LogP contribution is 2.22. The summed E-state index contributed by atoms with van der Waals surface area (Å²) >= 11 is 0. The number of anilines is 1. The minimum Gasteiger partial charge on any atom is -0.361 e. The summed E-state index contributed by atoms with van der Waals surface area (Å²) in [6, 6.07) is 4.82. The van der Waals surface area contributed by atoms with Crippen LogP contribution in [-0.4, -0.2) is 40.4 Å². The van der Waals surface area contributed by atoms with Crippen molar-refractivity contribution in [2.24, 2.45) is 0 Å². The van der Waals surface area contributed by atoms with Gasteiger partial charge in [-0.25, -0.2) is 18.7 Å². The van der Waals surface area contributed by atoms with E-state index in [0.29, 0.717) is 11.5 Å². The molecule has 3 rings (SSSR count). The van der Waals surface area contributed by atoms with E-state index in [1.54, 1.807) is 4.90 Å². The molecule has 0 atom stereocenters. The van der Waals surface area contributed by atoms with Crippen LogP contribution in [0.1, 0.15) is 6.42 Å². The molecule has 1 saturated heterocycles. The van der Waals surface area contributed by atoms with Crippen LogP contribution in [0.2, 0.25) is 0 Å². The molecule has 0 unspecified atom stereocenters. The molecule has 1 amide bonds. The number of hydrogen-bond acceptors (Lipinski definition) is 4. The van der Waals surface area contributed by atoms with Crippen molar-refractivity contribution in [3.05, 3.63) is 42.2 Å². The van der Waals surface area contributed by atoms with Gasteiger partial charge in [-0.2, -0.15) is 0 Å². The smallest absolute Gasteiger partial charge is 0.241 e. The van der Waals surface area contributed by atoms with E-state index in [4.69, 9.17) is 0 Å². The third-order valence-corrected chi connectivity index (χ3v) is 3.50. The standard InChI is InChI=1S/C15H14F2N4O/c16-10-2-3-11(12(17)6-10)13-7-14(20-9-19-13)18-8-15(22)21-4-1-5-21/h2-3,6-7,9H,1,4-5,8H2,(H,18,19,20). The zero-order chi connectivity index (χ0) is 15.5. The predicted octanol–water partition coefficient (Wildman–Crippen LogP) is 2.07. The van der Waals surface area contributed by atoms with Crippen molar-refractivity contribution in [2.45, 2.75) is 6.42 Å². The molecule has 2 heterocycles. The summed E-state index contributed by atoms with van der Waals surface area (Å²) in [7, 11) is 0. The van der Waals surface area contributed by atoms with Crippen molar-refractivity contribution in [2.75, 3.05) is 25.0 Å². The molecule has 114 valence electrons. The molecule has 1 aromatic carbocycles. The predicted molar refractivity (Wildman–Crippen MR) is 77.1 cm³/mol. The fraction of sp³-hybridized carbons (Fsp3) is 0.267. The average Bonchev–Trinajstić information content (AvgIpc) is 2.43. The van der Waals surface area contributed by atoms with Gasteiger partial charge >= 0.3 is 0 Å². The van der Waals surface area contributed by atoms with Crippen LogP contribution in [0.25, 0.3) is 11.3 Å². The summed E-state index contributed by atoms with van der Waals surface area (Å²) < 4.78 is 26.7. The summed E-state index contributed by atoms with van der Waals surface area (Å²) in [5.41, 5.74) is 0.507. The molecule has 1 fully saturated rings. The van der Waals surface area contributed by atoms with Gasteiger partial charge in [0.15, 0.2) is 0 Å². The Hall–Kier alpha value is -2.57. The van der Waals surface area contributed by atoms with Crippen molar-refractivity contribution in [3.63, 3.8) is 0 Å². The van der Waals surface area contributed by atoms with Crippen LogP contribution in [0.4, 0.5) is 14.6 Å². The summed E-state index contributed by atoms with van der Waals surface area (Å²) in [6.45, 7) is 1.70. The third-order valence-electron chi connectivity index (χ3n) is 3.50. The Kier molecular flexibility index (Phi) is 3.95. The van der Waals surface area contributed by atoms with E-state index in [9.17, 15) is 13.6 Å². The molecular weight excluding hydrogens is 290 g/mol. The van der Waals surface area contributed by atoms with Crippen LogP contribution < -0.4 is 5.32 Å². The first-order chi connectivity index (χ1) is 10.6. The fourth-order valence-corrected chi connectivity index (χ4v) is 2.14. The van der Waals surface area contributed by atoms with Crippen LogP contribution in [0, 0.1) is 11.6 Å². The highest BCUT2D eigenvalue weighted by molar-refractivity contribution is 5.81. The zero-order valence-electron chi connectivity index (χ0n) is 11.7. The quantitative estimate of drug-likeness (QED) is 0.939. The number of likely N-dealkylation sites (tertiary alicyclic amines) is 1. The monoisotopic (exact) mass is 304 g/mol. The molecule has 7 heteroatoms. The Bertz CT molecular complexity index is 704. The minimum atomic E-state index is -0.693. The lowest BCUT2D eigenvalue weighted by Crippen LogP contribution is -2.44. The average molecular weight is 304 g/mol. The highest BCUT2D eigenvalue weighted by atomic mass is 19.1. The Morgan fingerprint density at radius 1 is 1.23 bits per heavy atom. The lowest BCUT2D eigenvalue weighted by atomic mass is 10.1. The minimum absolute atomic E-state index is 0.000579. The van der Waals surface area contributed by atoms with E-state index in [-0.39, 0.29) is 18.0 Å². The largest absolute Gasteiger partial charge is 0.361 e. The second-order valence-electron chi connectivity index (χ2n) is 5.00. The highest BCUT2D eigenvalue weighted by Gasteiger charge is 2.19. The Morgan fingerprint density at radius 2 is 2.05 bits per heavy atom. The van der Waals surface area contributed by atoms with Crippen LogP contribution in [0.15, 0.2) is 30.6 Å². The van der Waals surface area contributed by atoms with Gasteiger partial charge in [0, 0.05) is 30.8 Å². The van der Waals surface area contributed by atoms with Gasteiger partial charge in [-0.05, 0) is 18.6 Å². The second-order valence-corrected chi connectivity index (χ2v) is 5.00. The van der Waals surface area contributed by atoms with Crippen LogP contribution in [0.3, 0.4) is 0 Å². The Morgan fingerprint density at radius 3 is 2.73 bits per heavy atom. The summed E-state index contributed by atoms with van der Waals surface area (Å²) in [5.74, 6) is -0.919. The van der Waals surface area contributed by atoms with Gasteiger partial charge in [-0.15, -0.1) is 0 Å². The third kappa shape index (κ3) is 3.03. The molecule has 0 bridgehead atoms. The SMILES string of the molecule is O=C(CNc1cc(-c2ccc(F)cc2F)ncn1)N1CCC1. The molecule has 0 aliphatic carbocycles. The van der Waals surface area contributed by atoms with E-state index in [1.807, 2.05) is 0 Å². The first-order valence-electron chi connectivity index (χ1n) is 6.92. The van der Waals surface area contributed by atoms with Gasteiger partial charge in [0.1, 0.15) is 23.8 Å². The molecule has 1 N–H and O–H groups in total. The number of nitrogens with zero attached hydrogens (tertiary/aromatic N) is 3. The van der Waals surface area contributed by atoms with Gasteiger partial charge in [-0.3, -0.25) is 4.79 Å². The number of hydrogen-bond donors (Lipinski definition) is 1. The summed E-state index contributed by atoms with van der Waals surface area (Å²) in [6.07, 6.45) is 2.31. The topological polar surface area (TPSA) is 58.1 Å². The van der Waals surface area contributed by atoms with Crippen LogP contribution in [-0.2, 0) is 4.79 Å². The van der Waals surface area contributed by atoms with E-state index in [1.165, 1.54) is 24.5 Å². The maximum absolute atomic E-state index is 13.8. The second kappa shape index (κ2) is 6.05. The molecule has 5 nitrogen and oxygen atoms in total. The Balaban J connectivity index is 1.73.